The van der Waals surface area contributed by atoms with E-state index in [1.54, 1.807) is 6.92 Å². The SMILES string of the molecule is CC[N+]1(C(=O)O)NC(=O)c2cc(C(=O)OC)ccc21. The highest BCUT2D eigenvalue weighted by Crippen LogP contribution is 2.32. The van der Waals surface area contributed by atoms with Gasteiger partial charge in [-0.1, -0.05) is 4.59 Å². The summed E-state index contributed by atoms with van der Waals surface area (Å²) in [6.45, 7) is 1.81. The van der Waals surface area contributed by atoms with Crippen molar-refractivity contribution in [2.45, 2.75) is 6.92 Å². The van der Waals surface area contributed by atoms with Crippen LogP contribution < -0.4 is 10.0 Å². The molecule has 1 atom stereocenters. The zero-order valence-electron chi connectivity index (χ0n) is 10.5. The van der Waals surface area contributed by atoms with E-state index in [4.69, 9.17) is 0 Å². The molecular formula is C12H13N2O5+. The number of carboxylic acid groups (broad SMARTS) is 1. The normalized spacial score (nSPS) is 20.6. The first kappa shape index (κ1) is 13.0. The summed E-state index contributed by atoms with van der Waals surface area (Å²) in [5, 5.41) is 9.32. The second-order valence-electron chi connectivity index (χ2n) is 4.07. The van der Waals surface area contributed by atoms with E-state index in [1.165, 1.54) is 25.3 Å². The minimum Gasteiger partial charge on any atom is -0.465 e. The van der Waals surface area contributed by atoms with Gasteiger partial charge in [0.15, 0.2) is 5.69 Å². The molecule has 19 heavy (non-hydrogen) atoms. The van der Waals surface area contributed by atoms with Gasteiger partial charge in [-0.05, 0) is 19.1 Å². The van der Waals surface area contributed by atoms with Crippen LogP contribution in [0.4, 0.5) is 10.5 Å². The zero-order valence-corrected chi connectivity index (χ0v) is 10.5. The molecule has 0 saturated carbocycles. The molecule has 0 saturated heterocycles. The lowest BCUT2D eigenvalue weighted by Gasteiger charge is -2.24. The van der Waals surface area contributed by atoms with Gasteiger partial charge in [-0.25, -0.2) is 4.79 Å². The molecule has 1 heterocycles. The molecule has 7 heteroatoms. The number of nitrogens with one attached hydrogen (secondary N) is 1. The van der Waals surface area contributed by atoms with E-state index >= 15 is 0 Å². The van der Waals surface area contributed by atoms with Crippen LogP contribution in [0.25, 0.3) is 0 Å². The van der Waals surface area contributed by atoms with E-state index in [1.807, 2.05) is 0 Å². The summed E-state index contributed by atoms with van der Waals surface area (Å²) in [6, 6.07) is 4.24. The highest BCUT2D eigenvalue weighted by atomic mass is 16.5. The van der Waals surface area contributed by atoms with E-state index < -0.39 is 22.6 Å². The number of hydrogen-bond acceptors (Lipinski definition) is 4. The highest BCUT2D eigenvalue weighted by molar-refractivity contribution is 6.09. The molecule has 0 fully saturated rings. The monoisotopic (exact) mass is 265 g/mol. The van der Waals surface area contributed by atoms with Gasteiger partial charge >= 0.3 is 18.0 Å². The Labute approximate surface area is 108 Å². The van der Waals surface area contributed by atoms with Crippen LogP contribution in [-0.2, 0) is 4.74 Å². The molecule has 1 aromatic rings. The number of methoxy groups -OCH3 is 1. The average molecular weight is 265 g/mol. The number of ether oxygens (including phenoxy) is 1. The number of esters is 1. The predicted octanol–water partition coefficient (Wildman–Crippen LogP) is 1.14. The molecule has 0 bridgehead atoms. The molecule has 1 unspecified atom stereocenters. The van der Waals surface area contributed by atoms with Gasteiger partial charge in [0.25, 0.3) is 0 Å². The van der Waals surface area contributed by atoms with Crippen LogP contribution in [0.1, 0.15) is 27.6 Å². The van der Waals surface area contributed by atoms with Gasteiger partial charge in [0.1, 0.15) is 12.1 Å². The molecule has 7 nitrogen and oxygen atoms in total. The number of hydrogen-bond donors (Lipinski definition) is 2. The molecule has 0 aliphatic carbocycles. The second kappa shape index (κ2) is 4.36. The lowest BCUT2D eigenvalue weighted by molar-refractivity contribution is 0.0600. The molecular weight excluding hydrogens is 252 g/mol. The Balaban J connectivity index is 2.59. The van der Waals surface area contributed by atoms with Crippen LogP contribution in [0.15, 0.2) is 18.2 Å². The first-order valence-corrected chi connectivity index (χ1v) is 5.63. The first-order valence-electron chi connectivity index (χ1n) is 5.63. The molecule has 1 aliphatic heterocycles. The number of rotatable bonds is 2. The quantitative estimate of drug-likeness (QED) is 0.617. The number of carbonyl (C=O) groups excluding carboxylic acids is 2. The smallest absolute Gasteiger partial charge is 0.465 e. The minimum atomic E-state index is -1.18. The van der Waals surface area contributed by atoms with Crippen molar-refractivity contribution >= 4 is 23.7 Å². The van der Waals surface area contributed by atoms with Crippen molar-refractivity contribution in [2.24, 2.45) is 0 Å². The summed E-state index contributed by atoms with van der Waals surface area (Å²) < 4.78 is 3.89. The number of nitrogens with zero attached hydrogens (tertiary/aromatic N) is 1. The largest absolute Gasteiger partial charge is 0.544 e. The Morgan fingerprint density at radius 2 is 2.11 bits per heavy atom. The van der Waals surface area contributed by atoms with Gasteiger partial charge in [-0.15, -0.1) is 0 Å². The van der Waals surface area contributed by atoms with Crippen LogP contribution in [-0.4, -0.2) is 36.7 Å². The maximum atomic E-state index is 11.9. The Kier molecular flexibility index (Phi) is 2.99. The van der Waals surface area contributed by atoms with Crippen LogP contribution >= 0.6 is 0 Å². The van der Waals surface area contributed by atoms with Gasteiger partial charge in [0, 0.05) is 6.07 Å². The van der Waals surface area contributed by atoms with E-state index in [-0.39, 0.29) is 17.7 Å². The summed E-state index contributed by atoms with van der Waals surface area (Å²) in [5.41, 5.74) is 3.11. The third kappa shape index (κ3) is 1.75. The Hall–Kier alpha value is -2.41. The fraction of sp³-hybridized carbons (Fsp3) is 0.250. The number of quaternary nitrogens is 1. The summed E-state index contributed by atoms with van der Waals surface area (Å²) in [4.78, 5) is 34.7. The topological polar surface area (TPSA) is 92.7 Å². The van der Waals surface area contributed by atoms with Gasteiger partial charge < -0.3 is 9.84 Å². The molecule has 1 aromatic carbocycles. The summed E-state index contributed by atoms with van der Waals surface area (Å²) in [6.07, 6.45) is -1.18. The number of fused-ring (bicyclic) bond motifs is 1. The summed E-state index contributed by atoms with van der Waals surface area (Å²) in [5.74, 6) is -1.10. The third-order valence-corrected chi connectivity index (χ3v) is 3.17. The van der Waals surface area contributed by atoms with Crippen molar-refractivity contribution in [3.05, 3.63) is 29.3 Å². The van der Waals surface area contributed by atoms with E-state index in [9.17, 15) is 19.5 Å². The molecule has 0 aromatic heterocycles. The van der Waals surface area contributed by atoms with Crippen LogP contribution in [0, 0.1) is 0 Å². The Morgan fingerprint density at radius 3 is 2.63 bits per heavy atom. The maximum Gasteiger partial charge on any atom is 0.544 e. The van der Waals surface area contributed by atoms with Gasteiger partial charge in [0.2, 0.25) is 0 Å². The summed E-state index contributed by atoms with van der Waals surface area (Å²) >= 11 is 0. The van der Waals surface area contributed by atoms with Crippen molar-refractivity contribution in [1.82, 2.24) is 10.0 Å². The van der Waals surface area contributed by atoms with Crippen LogP contribution in [0.3, 0.4) is 0 Å². The third-order valence-electron chi connectivity index (χ3n) is 3.17. The van der Waals surface area contributed by atoms with Crippen LogP contribution in [0.5, 0.6) is 0 Å². The lowest BCUT2D eigenvalue weighted by Crippen LogP contribution is -2.60. The average Bonchev–Trinajstić information content (AvgIpc) is 2.71. The van der Waals surface area contributed by atoms with Gasteiger partial charge in [0.05, 0.1) is 12.7 Å². The Bertz CT molecular complexity index is 583. The standard InChI is InChI=1S/C12H12N2O5/c1-3-14(12(17)18)9-5-4-7(11(16)19-2)6-8(9)10(15)13-14/h4-6H,3H2,1-2H3,(H-,13,15,17,18)/p+1. The van der Waals surface area contributed by atoms with E-state index in [0.717, 1.165) is 0 Å². The summed E-state index contributed by atoms with van der Waals surface area (Å²) in [7, 11) is 1.24. The maximum absolute atomic E-state index is 11.9. The minimum absolute atomic E-state index is 0.158. The van der Waals surface area contributed by atoms with Gasteiger partial charge in [-0.2, -0.15) is 10.2 Å². The number of carbonyl (C=O) groups is 3. The molecule has 100 valence electrons. The van der Waals surface area contributed by atoms with Crippen molar-refractivity contribution in [3.63, 3.8) is 0 Å². The van der Waals surface area contributed by atoms with Crippen molar-refractivity contribution < 1.29 is 24.2 Å². The van der Waals surface area contributed by atoms with Crippen LogP contribution in [0.2, 0.25) is 0 Å². The molecule has 2 rings (SSSR count). The highest BCUT2D eigenvalue weighted by Gasteiger charge is 2.49. The lowest BCUT2D eigenvalue weighted by atomic mass is 10.1. The number of amides is 2. The van der Waals surface area contributed by atoms with Gasteiger partial charge in [-0.3, -0.25) is 4.79 Å². The molecule has 2 N–H and O–H groups in total. The van der Waals surface area contributed by atoms with Crippen molar-refractivity contribution in [2.75, 3.05) is 13.7 Å². The fourth-order valence-electron chi connectivity index (χ4n) is 2.12. The molecule has 0 radical (unpaired) electrons. The zero-order chi connectivity index (χ0) is 14.2. The second-order valence-corrected chi connectivity index (χ2v) is 4.07. The fourth-order valence-corrected chi connectivity index (χ4v) is 2.12. The molecule has 2 amide bonds. The molecule has 0 spiro atoms. The predicted molar refractivity (Wildman–Crippen MR) is 65.6 cm³/mol. The van der Waals surface area contributed by atoms with Crippen molar-refractivity contribution in [1.29, 1.82) is 0 Å². The first-order chi connectivity index (χ1) is 8.96. The van der Waals surface area contributed by atoms with E-state index in [2.05, 4.69) is 10.2 Å². The van der Waals surface area contributed by atoms with E-state index in [0.29, 0.717) is 5.69 Å². The number of benzene rings is 1. The Morgan fingerprint density at radius 1 is 1.42 bits per heavy atom. The molecule has 1 aliphatic rings. The van der Waals surface area contributed by atoms with Crippen molar-refractivity contribution in [3.8, 4) is 0 Å².